The summed E-state index contributed by atoms with van der Waals surface area (Å²) in [5.41, 5.74) is 0.597. The zero-order valence-corrected chi connectivity index (χ0v) is 14.0. The number of hydrogen-bond acceptors (Lipinski definition) is 1. The van der Waals surface area contributed by atoms with Gasteiger partial charge in [-0.1, -0.05) is 72.4 Å². The second kappa shape index (κ2) is 6.30. The molecule has 1 aromatic carbocycles. The van der Waals surface area contributed by atoms with Crippen molar-refractivity contribution < 1.29 is 4.79 Å². The van der Waals surface area contributed by atoms with Crippen LogP contribution in [0.5, 0.6) is 0 Å². The quantitative estimate of drug-likeness (QED) is 0.811. The van der Waals surface area contributed by atoms with E-state index in [0.717, 1.165) is 18.4 Å². The molecule has 1 aliphatic rings. The lowest BCUT2D eigenvalue weighted by Gasteiger charge is -2.37. The molecule has 0 spiro atoms. The number of benzene rings is 1. The van der Waals surface area contributed by atoms with Crippen LogP contribution in [-0.4, -0.2) is 11.2 Å². The summed E-state index contributed by atoms with van der Waals surface area (Å²) in [7, 11) is 0. The summed E-state index contributed by atoms with van der Waals surface area (Å²) in [5, 5.41) is 4.00. The minimum atomic E-state index is -0.348. The first-order chi connectivity index (χ1) is 9.50. The van der Waals surface area contributed by atoms with Crippen LogP contribution >= 0.6 is 15.9 Å². The molecule has 1 saturated carbocycles. The number of carbonyl (C=O) groups is 1. The molecule has 2 nitrogen and oxygen atoms in total. The lowest BCUT2D eigenvalue weighted by Crippen LogP contribution is -2.51. The predicted octanol–water partition coefficient (Wildman–Crippen LogP) is 4.38. The van der Waals surface area contributed by atoms with Gasteiger partial charge in [-0.15, -0.1) is 0 Å². The third-order valence-corrected chi connectivity index (χ3v) is 5.69. The molecular formula is C17H24BrNO. The molecule has 3 heteroatoms. The van der Waals surface area contributed by atoms with Gasteiger partial charge in [-0.3, -0.25) is 4.79 Å². The van der Waals surface area contributed by atoms with E-state index in [1.165, 1.54) is 19.3 Å². The number of nitrogens with one attached hydrogen (secondary N) is 1. The molecule has 1 unspecified atom stereocenters. The topological polar surface area (TPSA) is 29.1 Å². The number of alkyl halides is 1. The Balaban J connectivity index is 2.15. The van der Waals surface area contributed by atoms with Gasteiger partial charge in [0, 0.05) is 10.7 Å². The van der Waals surface area contributed by atoms with Crippen LogP contribution in [0.15, 0.2) is 30.3 Å². The standard InChI is InChI=1S/C17H24BrNO/c1-16(11-7-4-8-12-16)15(20)19-17(2,13-18)14-9-5-3-6-10-14/h3,5-6,9-10H,4,7-8,11-13H2,1-2H3,(H,19,20). The molecule has 2 rings (SSSR count). The van der Waals surface area contributed by atoms with Gasteiger partial charge in [0.25, 0.3) is 0 Å². The largest absolute Gasteiger partial charge is 0.346 e. The Morgan fingerprint density at radius 1 is 1.25 bits per heavy atom. The smallest absolute Gasteiger partial charge is 0.226 e. The molecule has 1 atom stereocenters. The Morgan fingerprint density at radius 2 is 1.85 bits per heavy atom. The molecule has 1 aliphatic carbocycles. The first-order valence-corrected chi connectivity index (χ1v) is 8.56. The van der Waals surface area contributed by atoms with Gasteiger partial charge < -0.3 is 5.32 Å². The summed E-state index contributed by atoms with van der Waals surface area (Å²) >= 11 is 3.56. The van der Waals surface area contributed by atoms with Gasteiger partial charge in [-0.2, -0.15) is 0 Å². The molecule has 1 N–H and O–H groups in total. The van der Waals surface area contributed by atoms with Gasteiger partial charge in [0.05, 0.1) is 5.54 Å². The zero-order valence-electron chi connectivity index (χ0n) is 12.4. The van der Waals surface area contributed by atoms with Gasteiger partial charge in [0.1, 0.15) is 0 Å². The Hall–Kier alpha value is -0.830. The van der Waals surface area contributed by atoms with Crippen LogP contribution < -0.4 is 5.32 Å². The first kappa shape index (κ1) is 15.6. The van der Waals surface area contributed by atoms with E-state index < -0.39 is 0 Å². The zero-order chi connectivity index (χ0) is 14.6. The van der Waals surface area contributed by atoms with Crippen LogP contribution in [0.3, 0.4) is 0 Å². The van der Waals surface area contributed by atoms with Crippen molar-refractivity contribution in [3.63, 3.8) is 0 Å². The van der Waals surface area contributed by atoms with E-state index in [9.17, 15) is 4.79 Å². The molecule has 1 fully saturated rings. The third kappa shape index (κ3) is 3.25. The monoisotopic (exact) mass is 337 g/mol. The van der Waals surface area contributed by atoms with E-state index in [1.807, 2.05) is 18.2 Å². The Morgan fingerprint density at radius 3 is 2.40 bits per heavy atom. The number of halogens is 1. The maximum absolute atomic E-state index is 12.7. The molecule has 20 heavy (non-hydrogen) atoms. The maximum atomic E-state index is 12.7. The maximum Gasteiger partial charge on any atom is 0.226 e. The van der Waals surface area contributed by atoms with Crippen molar-refractivity contribution in [1.82, 2.24) is 5.32 Å². The van der Waals surface area contributed by atoms with E-state index >= 15 is 0 Å². The van der Waals surface area contributed by atoms with Crippen LogP contribution in [0.1, 0.15) is 51.5 Å². The SMILES string of the molecule is CC1(C(=O)NC(C)(CBr)c2ccccc2)CCCCC1. The second-order valence-electron chi connectivity index (χ2n) is 6.41. The molecule has 0 saturated heterocycles. The fraction of sp³-hybridized carbons (Fsp3) is 0.588. The highest BCUT2D eigenvalue weighted by molar-refractivity contribution is 9.09. The van der Waals surface area contributed by atoms with Gasteiger partial charge in [0.15, 0.2) is 0 Å². The highest BCUT2D eigenvalue weighted by Crippen LogP contribution is 2.37. The van der Waals surface area contributed by atoms with Gasteiger partial charge in [-0.05, 0) is 25.3 Å². The van der Waals surface area contributed by atoms with Crippen molar-refractivity contribution in [3.8, 4) is 0 Å². The molecule has 0 radical (unpaired) electrons. The van der Waals surface area contributed by atoms with Crippen molar-refractivity contribution in [3.05, 3.63) is 35.9 Å². The fourth-order valence-electron chi connectivity index (χ4n) is 2.95. The average molecular weight is 338 g/mol. The highest BCUT2D eigenvalue weighted by atomic mass is 79.9. The molecule has 1 aromatic rings. The average Bonchev–Trinajstić information content (AvgIpc) is 2.48. The normalized spacial score (nSPS) is 20.9. The van der Waals surface area contributed by atoms with E-state index in [2.05, 4.69) is 47.2 Å². The van der Waals surface area contributed by atoms with Crippen molar-refractivity contribution >= 4 is 21.8 Å². The summed E-state index contributed by atoms with van der Waals surface area (Å²) < 4.78 is 0. The minimum absolute atomic E-state index is 0.197. The predicted molar refractivity (Wildman–Crippen MR) is 86.9 cm³/mol. The number of hydrogen-bond donors (Lipinski definition) is 1. The fourth-order valence-corrected chi connectivity index (χ4v) is 3.41. The Kier molecular flexibility index (Phi) is 4.90. The summed E-state index contributed by atoms with van der Waals surface area (Å²) in [6, 6.07) is 10.2. The lowest BCUT2D eigenvalue weighted by molar-refractivity contribution is -0.133. The van der Waals surface area contributed by atoms with E-state index in [1.54, 1.807) is 0 Å². The van der Waals surface area contributed by atoms with Gasteiger partial charge >= 0.3 is 0 Å². The van der Waals surface area contributed by atoms with Crippen molar-refractivity contribution in [1.29, 1.82) is 0 Å². The first-order valence-electron chi connectivity index (χ1n) is 7.44. The molecule has 0 bridgehead atoms. The van der Waals surface area contributed by atoms with E-state index in [-0.39, 0.29) is 16.9 Å². The summed E-state index contributed by atoms with van der Waals surface area (Å²) in [6.45, 7) is 4.20. The molecule has 1 amide bonds. The summed E-state index contributed by atoms with van der Waals surface area (Å²) in [5.74, 6) is 0.197. The number of carbonyl (C=O) groups excluding carboxylic acids is 1. The lowest BCUT2D eigenvalue weighted by atomic mass is 9.74. The summed E-state index contributed by atoms with van der Waals surface area (Å²) in [6.07, 6.45) is 5.61. The number of amides is 1. The molecular weight excluding hydrogens is 314 g/mol. The number of rotatable bonds is 4. The molecule has 0 aromatic heterocycles. The van der Waals surface area contributed by atoms with Crippen LogP contribution in [0.2, 0.25) is 0 Å². The molecule has 110 valence electrons. The second-order valence-corrected chi connectivity index (χ2v) is 6.97. The van der Waals surface area contributed by atoms with Gasteiger partial charge in [0.2, 0.25) is 5.91 Å². The van der Waals surface area contributed by atoms with Crippen molar-refractivity contribution in [2.75, 3.05) is 5.33 Å². The molecule has 0 aliphatic heterocycles. The van der Waals surface area contributed by atoms with Gasteiger partial charge in [-0.25, -0.2) is 0 Å². The van der Waals surface area contributed by atoms with Crippen LogP contribution in [-0.2, 0) is 10.3 Å². The van der Waals surface area contributed by atoms with Crippen molar-refractivity contribution in [2.45, 2.75) is 51.5 Å². The third-order valence-electron chi connectivity index (χ3n) is 4.57. The van der Waals surface area contributed by atoms with Crippen LogP contribution in [0, 0.1) is 5.41 Å². The van der Waals surface area contributed by atoms with Crippen molar-refractivity contribution in [2.24, 2.45) is 5.41 Å². The Labute approximate surface area is 130 Å². The Bertz CT molecular complexity index is 453. The van der Waals surface area contributed by atoms with E-state index in [0.29, 0.717) is 5.33 Å². The van der Waals surface area contributed by atoms with E-state index in [4.69, 9.17) is 0 Å². The molecule has 0 heterocycles. The van der Waals surface area contributed by atoms with Crippen LogP contribution in [0.25, 0.3) is 0 Å². The van der Waals surface area contributed by atoms with Crippen LogP contribution in [0.4, 0.5) is 0 Å². The highest BCUT2D eigenvalue weighted by Gasteiger charge is 2.38. The minimum Gasteiger partial charge on any atom is -0.346 e. The summed E-state index contributed by atoms with van der Waals surface area (Å²) in [4.78, 5) is 12.7.